The fraction of sp³-hybridized carbons (Fsp3) is 0.333. The summed E-state index contributed by atoms with van der Waals surface area (Å²) < 4.78 is 11.2. The second-order valence-electron chi connectivity index (χ2n) is 6.44. The molecule has 1 atom stereocenters. The number of anilines is 1. The number of ether oxygens (including phenoxy) is 1. The van der Waals surface area contributed by atoms with Gasteiger partial charge in [0.1, 0.15) is 6.10 Å². The highest BCUT2D eigenvalue weighted by atomic mass is 32.1. The van der Waals surface area contributed by atoms with Crippen LogP contribution in [0.1, 0.15) is 16.9 Å². The van der Waals surface area contributed by atoms with Crippen molar-refractivity contribution in [3.05, 3.63) is 41.7 Å². The normalized spacial score (nSPS) is 16.5. The van der Waals surface area contributed by atoms with E-state index in [0.29, 0.717) is 30.4 Å². The number of carbonyl (C=O) groups excluding carboxylic acids is 1. The highest BCUT2D eigenvalue weighted by Crippen LogP contribution is 2.26. The summed E-state index contributed by atoms with van der Waals surface area (Å²) in [4.78, 5) is 25.8. The van der Waals surface area contributed by atoms with Gasteiger partial charge in [0.05, 0.1) is 23.8 Å². The van der Waals surface area contributed by atoms with E-state index in [2.05, 4.69) is 15.1 Å². The topological polar surface area (TPSA) is 84.6 Å². The van der Waals surface area contributed by atoms with Gasteiger partial charge in [-0.2, -0.15) is 4.98 Å². The number of thiophene rings is 1. The van der Waals surface area contributed by atoms with Gasteiger partial charge < -0.3 is 19.1 Å². The van der Waals surface area contributed by atoms with Gasteiger partial charge in [-0.05, 0) is 11.4 Å². The molecule has 1 fully saturated rings. The molecule has 140 valence electrons. The highest BCUT2D eigenvalue weighted by molar-refractivity contribution is 7.13. The molecule has 0 radical (unpaired) electrons. The molecule has 4 rings (SSSR count). The van der Waals surface area contributed by atoms with Crippen molar-refractivity contribution in [1.29, 1.82) is 0 Å². The lowest BCUT2D eigenvalue weighted by atomic mass is 10.3. The van der Waals surface area contributed by atoms with E-state index in [1.54, 1.807) is 34.7 Å². The summed E-state index contributed by atoms with van der Waals surface area (Å²) in [5, 5.41) is 5.88. The zero-order valence-electron chi connectivity index (χ0n) is 15.0. The van der Waals surface area contributed by atoms with E-state index >= 15 is 0 Å². The van der Waals surface area contributed by atoms with Gasteiger partial charge in [0.15, 0.2) is 17.3 Å². The molecule has 0 N–H and O–H groups in total. The molecule has 0 aromatic carbocycles. The molecule has 1 aliphatic heterocycles. The third-order valence-corrected chi connectivity index (χ3v) is 5.16. The molecule has 1 amide bonds. The van der Waals surface area contributed by atoms with Crippen LogP contribution >= 0.6 is 11.3 Å². The van der Waals surface area contributed by atoms with Crippen LogP contribution in [-0.2, 0) is 0 Å². The fourth-order valence-electron chi connectivity index (χ4n) is 2.86. The molecule has 1 aliphatic rings. The number of carbonyl (C=O) groups is 1. The minimum absolute atomic E-state index is 0.121. The summed E-state index contributed by atoms with van der Waals surface area (Å²) in [5.74, 6) is 1.64. The summed E-state index contributed by atoms with van der Waals surface area (Å²) in [7, 11) is 3.79. The number of nitrogens with zero attached hydrogens (tertiary/aromatic N) is 5. The lowest BCUT2D eigenvalue weighted by molar-refractivity contribution is 0.0761. The molecule has 9 heteroatoms. The minimum Gasteiger partial charge on any atom is -0.471 e. The number of aromatic nitrogens is 3. The quantitative estimate of drug-likeness (QED) is 0.667. The number of likely N-dealkylation sites (tertiary alicyclic amines) is 1. The summed E-state index contributed by atoms with van der Waals surface area (Å²) in [6, 6.07) is 5.55. The average Bonchev–Trinajstić information content (AvgIpc) is 3.42. The van der Waals surface area contributed by atoms with Crippen LogP contribution in [-0.4, -0.2) is 59.2 Å². The highest BCUT2D eigenvalue weighted by Gasteiger charge is 2.30. The van der Waals surface area contributed by atoms with Gasteiger partial charge in [-0.25, -0.2) is 0 Å². The maximum Gasteiger partial charge on any atom is 0.276 e. The van der Waals surface area contributed by atoms with Crippen molar-refractivity contribution >= 4 is 23.1 Å². The maximum atomic E-state index is 12.7. The molecule has 8 nitrogen and oxygen atoms in total. The first-order valence-corrected chi connectivity index (χ1v) is 9.44. The number of rotatable bonds is 5. The van der Waals surface area contributed by atoms with E-state index in [1.165, 1.54) is 0 Å². The third-order valence-electron chi connectivity index (χ3n) is 4.27. The first kappa shape index (κ1) is 17.5. The van der Waals surface area contributed by atoms with Crippen LogP contribution in [0.2, 0.25) is 0 Å². The summed E-state index contributed by atoms with van der Waals surface area (Å²) >= 11 is 1.54. The van der Waals surface area contributed by atoms with Gasteiger partial charge in [-0.15, -0.1) is 11.3 Å². The zero-order chi connectivity index (χ0) is 18.8. The summed E-state index contributed by atoms with van der Waals surface area (Å²) in [6.07, 6.45) is 3.87. The van der Waals surface area contributed by atoms with E-state index in [0.717, 1.165) is 17.1 Å². The average molecular weight is 385 g/mol. The molecule has 4 heterocycles. The van der Waals surface area contributed by atoms with Crippen molar-refractivity contribution in [2.75, 3.05) is 32.1 Å². The largest absolute Gasteiger partial charge is 0.471 e. The Morgan fingerprint density at radius 3 is 3.07 bits per heavy atom. The van der Waals surface area contributed by atoms with Crippen molar-refractivity contribution < 1.29 is 14.1 Å². The van der Waals surface area contributed by atoms with E-state index in [9.17, 15) is 4.79 Å². The van der Waals surface area contributed by atoms with Crippen molar-refractivity contribution in [3.8, 4) is 16.5 Å². The molecule has 0 saturated carbocycles. The Hall–Kier alpha value is -2.94. The Labute approximate surface area is 160 Å². The second-order valence-corrected chi connectivity index (χ2v) is 7.39. The smallest absolute Gasteiger partial charge is 0.276 e. The third kappa shape index (κ3) is 3.77. The lowest BCUT2D eigenvalue weighted by Crippen LogP contribution is -2.31. The van der Waals surface area contributed by atoms with Gasteiger partial charge in [0.25, 0.3) is 5.91 Å². The molecule has 3 aromatic heterocycles. The first-order valence-electron chi connectivity index (χ1n) is 8.56. The molecule has 27 heavy (non-hydrogen) atoms. The molecule has 3 aromatic rings. The summed E-state index contributed by atoms with van der Waals surface area (Å²) in [6.45, 7) is 1.08. The van der Waals surface area contributed by atoms with Crippen LogP contribution in [0.3, 0.4) is 0 Å². The van der Waals surface area contributed by atoms with Crippen LogP contribution in [0.4, 0.5) is 5.82 Å². The van der Waals surface area contributed by atoms with Crippen LogP contribution in [0.25, 0.3) is 10.6 Å². The molecule has 0 aliphatic carbocycles. The van der Waals surface area contributed by atoms with E-state index < -0.39 is 0 Å². The molecule has 1 unspecified atom stereocenters. The molecule has 1 saturated heterocycles. The number of hydrogen-bond acceptors (Lipinski definition) is 8. The SMILES string of the molecule is CN(C)c1cncc(OC2CCN(C(=O)c3cc(-c4cccs4)on3)C2)n1. The molecular weight excluding hydrogens is 366 g/mol. The second kappa shape index (κ2) is 7.36. The van der Waals surface area contributed by atoms with Crippen molar-refractivity contribution in [2.24, 2.45) is 0 Å². The number of amides is 1. The predicted octanol–water partition coefficient (Wildman–Crippen LogP) is 2.55. The van der Waals surface area contributed by atoms with Crippen molar-refractivity contribution in [2.45, 2.75) is 12.5 Å². The van der Waals surface area contributed by atoms with Gasteiger partial charge in [0, 0.05) is 33.1 Å². The van der Waals surface area contributed by atoms with Crippen LogP contribution in [0.15, 0.2) is 40.5 Å². The van der Waals surface area contributed by atoms with Gasteiger partial charge in [-0.3, -0.25) is 9.78 Å². The fourth-order valence-corrected chi connectivity index (χ4v) is 3.54. The van der Waals surface area contributed by atoms with E-state index in [-0.39, 0.29) is 12.0 Å². The van der Waals surface area contributed by atoms with Crippen LogP contribution < -0.4 is 9.64 Å². The van der Waals surface area contributed by atoms with Gasteiger partial charge in [-0.1, -0.05) is 11.2 Å². The standard InChI is InChI=1S/C18H19N5O3S/c1-22(2)16-9-19-10-17(20-16)25-12-5-6-23(11-12)18(24)13-8-14(26-21-13)15-4-3-7-27-15/h3-4,7-10,12H,5-6,11H2,1-2H3. The number of hydrogen-bond donors (Lipinski definition) is 0. The zero-order valence-corrected chi connectivity index (χ0v) is 15.8. The Morgan fingerprint density at radius 2 is 2.30 bits per heavy atom. The Balaban J connectivity index is 1.39. The van der Waals surface area contributed by atoms with Crippen molar-refractivity contribution in [3.63, 3.8) is 0 Å². The van der Waals surface area contributed by atoms with Crippen LogP contribution in [0.5, 0.6) is 5.88 Å². The minimum atomic E-state index is -0.152. The van der Waals surface area contributed by atoms with E-state index in [1.807, 2.05) is 36.5 Å². The monoisotopic (exact) mass is 385 g/mol. The van der Waals surface area contributed by atoms with Gasteiger partial charge in [0.2, 0.25) is 5.88 Å². The molecule has 0 bridgehead atoms. The van der Waals surface area contributed by atoms with E-state index in [4.69, 9.17) is 9.26 Å². The Bertz CT molecular complexity index is 925. The lowest BCUT2D eigenvalue weighted by Gasteiger charge is -2.16. The van der Waals surface area contributed by atoms with Gasteiger partial charge >= 0.3 is 0 Å². The molecular formula is C18H19N5O3S. The summed E-state index contributed by atoms with van der Waals surface area (Å²) in [5.41, 5.74) is 0.313. The predicted molar refractivity (Wildman–Crippen MR) is 101 cm³/mol. The molecule has 0 spiro atoms. The first-order chi connectivity index (χ1) is 13.1. The van der Waals surface area contributed by atoms with Crippen LogP contribution in [0, 0.1) is 0 Å². The van der Waals surface area contributed by atoms with Crippen molar-refractivity contribution in [1.82, 2.24) is 20.0 Å². The Kier molecular flexibility index (Phi) is 4.76. The maximum absolute atomic E-state index is 12.7. The Morgan fingerprint density at radius 1 is 1.41 bits per heavy atom.